The van der Waals surface area contributed by atoms with E-state index in [4.69, 9.17) is 21.1 Å². The van der Waals surface area contributed by atoms with Crippen molar-refractivity contribution in [1.29, 1.82) is 0 Å². The quantitative estimate of drug-likeness (QED) is 0.318. The van der Waals surface area contributed by atoms with Crippen LogP contribution in [0.1, 0.15) is 15.9 Å². The van der Waals surface area contributed by atoms with Crippen LogP contribution in [0.3, 0.4) is 0 Å². The summed E-state index contributed by atoms with van der Waals surface area (Å²) in [5.41, 5.74) is 2.48. The van der Waals surface area contributed by atoms with Crippen molar-refractivity contribution in [3.05, 3.63) is 87.4 Å². The predicted octanol–water partition coefficient (Wildman–Crippen LogP) is 5.10. The summed E-state index contributed by atoms with van der Waals surface area (Å²) in [6, 6.07) is 16.1. The highest BCUT2D eigenvalue weighted by atomic mass is 79.9. The number of Topliss-reactive ketones (excluding diaryl/α,β-unsaturated/α-hetero) is 1. The molecule has 2 saturated heterocycles. The van der Waals surface area contributed by atoms with Gasteiger partial charge in [0.25, 0.3) is 0 Å². The molecule has 9 heteroatoms. The van der Waals surface area contributed by atoms with E-state index >= 15 is 0 Å². The molecule has 0 unspecified atom stereocenters. The third kappa shape index (κ3) is 3.29. The van der Waals surface area contributed by atoms with Gasteiger partial charge in [0.1, 0.15) is 6.04 Å². The zero-order chi connectivity index (χ0) is 25.4. The van der Waals surface area contributed by atoms with Crippen molar-refractivity contribution in [3.63, 3.8) is 0 Å². The van der Waals surface area contributed by atoms with Crippen LogP contribution < -0.4 is 19.3 Å². The summed E-state index contributed by atoms with van der Waals surface area (Å²) in [6.45, 7) is 0.0828. The lowest BCUT2D eigenvalue weighted by molar-refractivity contribution is -0.122. The number of amides is 2. The minimum absolute atomic E-state index is 0.0828. The Kier molecular flexibility index (Phi) is 5.00. The first kappa shape index (κ1) is 22.6. The maximum atomic E-state index is 14.1. The van der Waals surface area contributed by atoms with Crippen molar-refractivity contribution in [2.45, 2.75) is 12.1 Å². The number of carbonyl (C=O) groups excluding carboxylic acids is 3. The van der Waals surface area contributed by atoms with E-state index in [0.717, 1.165) is 15.7 Å². The van der Waals surface area contributed by atoms with Crippen LogP contribution in [0.4, 0.5) is 11.4 Å². The Morgan fingerprint density at radius 2 is 1.68 bits per heavy atom. The van der Waals surface area contributed by atoms with Crippen LogP contribution in [0.15, 0.2) is 71.2 Å². The van der Waals surface area contributed by atoms with Gasteiger partial charge >= 0.3 is 0 Å². The highest BCUT2D eigenvalue weighted by Gasteiger charge is 2.64. The second kappa shape index (κ2) is 8.19. The number of ketones is 1. The van der Waals surface area contributed by atoms with E-state index in [1.807, 2.05) is 23.1 Å². The second-order valence-corrected chi connectivity index (χ2v) is 10.7. The Labute approximate surface area is 225 Å². The maximum absolute atomic E-state index is 14.1. The van der Waals surface area contributed by atoms with Crippen LogP contribution in [-0.4, -0.2) is 36.5 Å². The SMILES string of the molecule is O=C(c1ccc(Br)cc1)[C@@H]1[C@@H]2C(=O)N(c3ccc4c(c3)OCO4)C(=O)[C@H]2[C@@H]2C=Cc3ccc(Cl)cc3N12. The molecule has 184 valence electrons. The van der Waals surface area contributed by atoms with Crippen molar-refractivity contribution in [3.8, 4) is 11.5 Å². The summed E-state index contributed by atoms with van der Waals surface area (Å²) in [7, 11) is 0. The highest BCUT2D eigenvalue weighted by Crippen LogP contribution is 2.51. The normalized spacial score (nSPS) is 24.8. The number of halogens is 2. The van der Waals surface area contributed by atoms with Gasteiger partial charge in [0, 0.05) is 26.8 Å². The number of hydrogen-bond donors (Lipinski definition) is 0. The molecule has 0 aromatic heterocycles. The summed E-state index contributed by atoms with van der Waals surface area (Å²) in [5, 5.41) is 0.513. The largest absolute Gasteiger partial charge is 0.454 e. The van der Waals surface area contributed by atoms with Gasteiger partial charge in [-0.15, -0.1) is 0 Å². The first-order valence-corrected chi connectivity index (χ1v) is 12.9. The van der Waals surface area contributed by atoms with E-state index in [9.17, 15) is 14.4 Å². The number of fused-ring (bicyclic) bond motifs is 6. The maximum Gasteiger partial charge on any atom is 0.240 e. The predicted molar refractivity (Wildman–Crippen MR) is 141 cm³/mol. The average Bonchev–Trinajstić information content (AvgIpc) is 3.57. The fraction of sp³-hybridized carbons (Fsp3) is 0.179. The molecule has 4 aliphatic heterocycles. The molecule has 3 aromatic rings. The molecule has 0 N–H and O–H groups in total. The lowest BCUT2D eigenvalue weighted by Gasteiger charge is -2.36. The van der Waals surface area contributed by atoms with Crippen LogP contribution in [0.5, 0.6) is 11.5 Å². The van der Waals surface area contributed by atoms with Gasteiger partial charge < -0.3 is 14.4 Å². The Bertz CT molecular complexity index is 1540. The number of hydrogen-bond acceptors (Lipinski definition) is 6. The van der Waals surface area contributed by atoms with Gasteiger partial charge in [0.15, 0.2) is 17.3 Å². The zero-order valence-electron chi connectivity index (χ0n) is 19.1. The minimum atomic E-state index is -0.881. The lowest BCUT2D eigenvalue weighted by atomic mass is 9.86. The fourth-order valence-corrected chi connectivity index (χ4v) is 6.33. The van der Waals surface area contributed by atoms with Crippen LogP contribution >= 0.6 is 27.5 Å². The van der Waals surface area contributed by atoms with E-state index in [0.29, 0.717) is 27.8 Å². The van der Waals surface area contributed by atoms with Gasteiger partial charge in [-0.1, -0.05) is 57.9 Å². The topological polar surface area (TPSA) is 76.1 Å². The van der Waals surface area contributed by atoms with E-state index in [1.54, 1.807) is 54.6 Å². The lowest BCUT2D eigenvalue weighted by Crippen LogP contribution is -2.48. The molecule has 0 radical (unpaired) electrons. The van der Waals surface area contributed by atoms with E-state index in [-0.39, 0.29) is 18.5 Å². The van der Waals surface area contributed by atoms with Gasteiger partial charge in [-0.05, 0) is 42.0 Å². The molecular formula is C28H18BrClN2O5. The third-order valence-electron chi connectivity index (χ3n) is 7.48. The van der Waals surface area contributed by atoms with Gasteiger partial charge in [-0.3, -0.25) is 14.4 Å². The number of imide groups is 1. The highest BCUT2D eigenvalue weighted by molar-refractivity contribution is 9.10. The van der Waals surface area contributed by atoms with Gasteiger partial charge in [0.05, 0.1) is 23.6 Å². The van der Waals surface area contributed by atoms with E-state index in [1.165, 1.54) is 4.90 Å². The first-order chi connectivity index (χ1) is 17.9. The van der Waals surface area contributed by atoms with Gasteiger partial charge in [-0.2, -0.15) is 0 Å². The van der Waals surface area contributed by atoms with Crippen molar-refractivity contribution in [2.75, 3.05) is 16.6 Å². The smallest absolute Gasteiger partial charge is 0.240 e. The molecule has 37 heavy (non-hydrogen) atoms. The summed E-state index contributed by atoms with van der Waals surface area (Å²) < 4.78 is 11.7. The van der Waals surface area contributed by atoms with Crippen molar-refractivity contribution in [1.82, 2.24) is 0 Å². The van der Waals surface area contributed by atoms with Crippen molar-refractivity contribution >= 4 is 62.6 Å². The molecule has 0 saturated carbocycles. The minimum Gasteiger partial charge on any atom is -0.454 e. The van der Waals surface area contributed by atoms with Gasteiger partial charge in [0.2, 0.25) is 18.6 Å². The molecule has 0 spiro atoms. The number of benzene rings is 3. The molecule has 7 rings (SSSR count). The molecule has 3 aromatic carbocycles. The number of nitrogens with zero attached hydrogens (tertiary/aromatic N) is 2. The Morgan fingerprint density at radius 1 is 0.919 bits per heavy atom. The Balaban J connectivity index is 1.36. The molecule has 4 heterocycles. The van der Waals surface area contributed by atoms with E-state index < -0.39 is 29.8 Å². The van der Waals surface area contributed by atoms with Crippen LogP contribution in [-0.2, 0) is 9.59 Å². The monoisotopic (exact) mass is 576 g/mol. The number of ether oxygens (including phenoxy) is 2. The number of carbonyl (C=O) groups is 3. The van der Waals surface area contributed by atoms with Crippen LogP contribution in [0.2, 0.25) is 5.02 Å². The second-order valence-electron chi connectivity index (χ2n) is 9.38. The fourth-order valence-electron chi connectivity index (χ4n) is 5.90. The van der Waals surface area contributed by atoms with Crippen molar-refractivity contribution in [2.24, 2.45) is 11.8 Å². The third-order valence-corrected chi connectivity index (χ3v) is 8.25. The molecule has 0 bridgehead atoms. The van der Waals surface area contributed by atoms with E-state index in [2.05, 4.69) is 15.9 Å². The zero-order valence-corrected chi connectivity index (χ0v) is 21.5. The first-order valence-electron chi connectivity index (χ1n) is 11.8. The molecule has 2 fully saturated rings. The average molecular weight is 578 g/mol. The standard InChI is InChI=1S/C28H18BrClN2O5/c29-16-5-1-15(2-6-16)26(33)25-24-23(19-9-4-14-3-7-17(30)11-20(14)32(19)25)27(34)31(28(24)35)18-8-10-21-22(12-18)37-13-36-21/h1-12,19,23-25H,13H2/t19-,23-,24+,25-/m0/s1. The van der Waals surface area contributed by atoms with Crippen molar-refractivity contribution < 1.29 is 23.9 Å². The molecule has 4 atom stereocenters. The molecule has 2 amide bonds. The van der Waals surface area contributed by atoms with Crippen LogP contribution in [0, 0.1) is 11.8 Å². The summed E-state index contributed by atoms with van der Waals surface area (Å²) in [5.74, 6) is -1.54. The molecular weight excluding hydrogens is 560 g/mol. The van der Waals surface area contributed by atoms with Crippen LogP contribution in [0.25, 0.3) is 6.08 Å². The number of anilines is 2. The molecule has 7 nitrogen and oxygen atoms in total. The number of rotatable bonds is 3. The van der Waals surface area contributed by atoms with Gasteiger partial charge in [-0.25, -0.2) is 4.90 Å². The Morgan fingerprint density at radius 3 is 2.49 bits per heavy atom. The summed E-state index contributed by atoms with van der Waals surface area (Å²) in [6.07, 6.45) is 3.84. The molecule has 4 aliphatic rings. The molecule has 0 aliphatic carbocycles. The summed E-state index contributed by atoms with van der Waals surface area (Å²) in [4.78, 5) is 45.1. The Hall–Kier alpha value is -3.62. The summed E-state index contributed by atoms with van der Waals surface area (Å²) >= 11 is 9.76.